The summed E-state index contributed by atoms with van der Waals surface area (Å²) in [5, 5.41) is 2.97. The van der Waals surface area contributed by atoms with E-state index in [9.17, 15) is 9.59 Å². The van der Waals surface area contributed by atoms with Crippen molar-refractivity contribution in [3.05, 3.63) is 101 Å². The molecule has 3 aromatic carbocycles. The molecule has 4 nitrogen and oxygen atoms in total. The van der Waals surface area contributed by atoms with Crippen LogP contribution in [0.2, 0.25) is 0 Å². The van der Waals surface area contributed by atoms with Gasteiger partial charge in [-0.05, 0) is 36.6 Å². The van der Waals surface area contributed by atoms with Gasteiger partial charge < -0.3 is 10.1 Å². The zero-order valence-corrected chi connectivity index (χ0v) is 17.9. The molecule has 0 aromatic heterocycles. The van der Waals surface area contributed by atoms with Gasteiger partial charge in [-0.25, -0.2) is 0 Å². The van der Waals surface area contributed by atoms with E-state index >= 15 is 0 Å². The minimum Gasteiger partial charge on any atom is -0.455 e. The molecule has 0 heterocycles. The molecule has 1 N–H and O–H groups in total. The second-order valence-corrected chi connectivity index (χ2v) is 8.06. The molecule has 0 bridgehead atoms. The summed E-state index contributed by atoms with van der Waals surface area (Å²) in [5.41, 5.74) is 4.19. The van der Waals surface area contributed by atoms with E-state index in [4.69, 9.17) is 4.74 Å². The van der Waals surface area contributed by atoms with E-state index in [1.165, 1.54) is 11.8 Å². The molecule has 0 atom stereocenters. The van der Waals surface area contributed by atoms with Crippen molar-refractivity contribution in [2.24, 2.45) is 0 Å². The van der Waals surface area contributed by atoms with Crippen molar-refractivity contribution in [1.29, 1.82) is 0 Å². The van der Waals surface area contributed by atoms with Crippen molar-refractivity contribution in [3.63, 3.8) is 0 Å². The number of amides is 1. The first-order valence-corrected chi connectivity index (χ1v) is 10.8. The summed E-state index contributed by atoms with van der Waals surface area (Å²) in [6.07, 6.45) is 0. The predicted molar refractivity (Wildman–Crippen MR) is 120 cm³/mol. The molecular weight excluding hydrogens is 394 g/mol. The predicted octanol–water partition coefficient (Wildman–Crippen LogP) is 4.84. The third kappa shape index (κ3) is 6.22. The fourth-order valence-corrected chi connectivity index (χ4v) is 3.96. The van der Waals surface area contributed by atoms with Crippen LogP contribution in [0.5, 0.6) is 0 Å². The van der Waals surface area contributed by atoms with Crippen LogP contribution < -0.4 is 5.32 Å². The number of thioether (sulfide) groups is 1. The van der Waals surface area contributed by atoms with E-state index in [-0.39, 0.29) is 24.3 Å². The number of benzene rings is 3. The van der Waals surface area contributed by atoms with Gasteiger partial charge in [-0.3, -0.25) is 9.59 Å². The van der Waals surface area contributed by atoms with Crippen LogP contribution in [-0.2, 0) is 14.3 Å². The molecule has 0 radical (unpaired) electrons. The van der Waals surface area contributed by atoms with Gasteiger partial charge in [0.15, 0.2) is 6.61 Å². The Labute approximate surface area is 181 Å². The van der Waals surface area contributed by atoms with Crippen molar-refractivity contribution in [1.82, 2.24) is 5.32 Å². The van der Waals surface area contributed by atoms with E-state index in [1.807, 2.05) is 92.7 Å². The highest BCUT2D eigenvalue weighted by Gasteiger charge is 2.17. The lowest BCUT2D eigenvalue weighted by Gasteiger charge is -2.20. The van der Waals surface area contributed by atoms with E-state index in [2.05, 4.69) is 5.32 Å². The molecule has 0 aliphatic carbocycles. The van der Waals surface area contributed by atoms with Crippen LogP contribution >= 0.6 is 11.8 Å². The molecule has 3 aromatic rings. The Hall–Kier alpha value is -3.05. The molecule has 0 fully saturated rings. The van der Waals surface area contributed by atoms with Crippen molar-refractivity contribution in [2.75, 3.05) is 12.4 Å². The quantitative estimate of drug-likeness (QED) is 0.419. The third-order valence-corrected chi connectivity index (χ3v) is 5.76. The average molecular weight is 420 g/mol. The maximum absolute atomic E-state index is 12.5. The van der Waals surface area contributed by atoms with E-state index < -0.39 is 5.97 Å². The van der Waals surface area contributed by atoms with Gasteiger partial charge in [0.2, 0.25) is 0 Å². The molecule has 154 valence electrons. The first-order chi connectivity index (χ1) is 14.5. The average Bonchev–Trinajstić information content (AvgIpc) is 2.78. The van der Waals surface area contributed by atoms with Gasteiger partial charge >= 0.3 is 5.97 Å². The fraction of sp³-hybridized carbons (Fsp3) is 0.200. The van der Waals surface area contributed by atoms with Crippen molar-refractivity contribution in [3.8, 4) is 0 Å². The topological polar surface area (TPSA) is 55.4 Å². The second-order valence-electron chi connectivity index (χ2n) is 7.04. The lowest BCUT2D eigenvalue weighted by molar-refractivity contribution is -0.146. The standard InChI is InChI=1S/C25H25NO3S/c1-18-13-14-19(2)22(15-18)30-17-24(28)29-16-23(27)26-25(20-9-5-3-6-10-20)21-11-7-4-8-12-21/h3-15,25H,16-17H2,1-2H3,(H,26,27). The summed E-state index contributed by atoms with van der Waals surface area (Å²) in [5.74, 6) is -0.580. The minimum atomic E-state index is -0.410. The lowest BCUT2D eigenvalue weighted by atomic mass is 9.99. The first-order valence-electron chi connectivity index (χ1n) is 9.78. The Morgan fingerprint density at radius 2 is 1.50 bits per heavy atom. The summed E-state index contributed by atoms with van der Waals surface area (Å²) < 4.78 is 5.20. The van der Waals surface area contributed by atoms with Crippen molar-refractivity contribution in [2.45, 2.75) is 24.8 Å². The zero-order valence-electron chi connectivity index (χ0n) is 17.1. The Bertz CT molecular complexity index is 950. The summed E-state index contributed by atoms with van der Waals surface area (Å²) in [6.45, 7) is 3.72. The van der Waals surface area contributed by atoms with E-state index in [0.29, 0.717) is 0 Å². The number of hydrogen-bond acceptors (Lipinski definition) is 4. The van der Waals surface area contributed by atoms with Gasteiger partial charge in [-0.1, -0.05) is 78.4 Å². The van der Waals surface area contributed by atoms with Crippen LogP contribution in [0.15, 0.2) is 83.8 Å². The molecule has 0 aliphatic heterocycles. The van der Waals surface area contributed by atoms with Crippen LogP contribution in [0.3, 0.4) is 0 Å². The fourth-order valence-electron chi connectivity index (χ4n) is 3.04. The first kappa shape index (κ1) is 21.7. The van der Waals surface area contributed by atoms with Gasteiger partial charge in [-0.15, -0.1) is 11.8 Å². The molecule has 0 spiro atoms. The maximum atomic E-state index is 12.5. The van der Waals surface area contributed by atoms with Gasteiger partial charge in [0.25, 0.3) is 5.91 Å². The Morgan fingerprint density at radius 1 is 0.900 bits per heavy atom. The highest BCUT2D eigenvalue weighted by molar-refractivity contribution is 8.00. The molecule has 0 saturated heterocycles. The molecule has 3 rings (SSSR count). The monoisotopic (exact) mass is 419 g/mol. The summed E-state index contributed by atoms with van der Waals surface area (Å²) >= 11 is 1.42. The number of ether oxygens (including phenoxy) is 1. The van der Waals surface area contributed by atoms with Gasteiger partial charge in [0, 0.05) is 4.90 Å². The van der Waals surface area contributed by atoms with E-state index in [1.54, 1.807) is 0 Å². The number of carbonyl (C=O) groups excluding carboxylic acids is 2. The van der Waals surface area contributed by atoms with Crippen molar-refractivity contribution >= 4 is 23.6 Å². The molecule has 1 amide bonds. The van der Waals surface area contributed by atoms with Crippen LogP contribution in [0.1, 0.15) is 28.3 Å². The number of aryl methyl sites for hydroxylation is 2. The SMILES string of the molecule is Cc1ccc(C)c(SCC(=O)OCC(=O)NC(c2ccccc2)c2ccccc2)c1. The number of rotatable bonds is 8. The zero-order chi connectivity index (χ0) is 21.3. The van der Waals surface area contributed by atoms with Crippen molar-refractivity contribution < 1.29 is 14.3 Å². The second kappa shape index (κ2) is 10.6. The molecule has 5 heteroatoms. The largest absolute Gasteiger partial charge is 0.455 e. The smallest absolute Gasteiger partial charge is 0.316 e. The number of esters is 1. The summed E-state index contributed by atoms with van der Waals surface area (Å²) in [6, 6.07) is 25.3. The normalized spacial score (nSPS) is 10.6. The van der Waals surface area contributed by atoms with Crippen LogP contribution in [0.4, 0.5) is 0 Å². The van der Waals surface area contributed by atoms with Crippen LogP contribution in [-0.4, -0.2) is 24.2 Å². The van der Waals surface area contributed by atoms with Crippen LogP contribution in [0.25, 0.3) is 0 Å². The molecular formula is C25H25NO3S. The van der Waals surface area contributed by atoms with E-state index in [0.717, 1.165) is 27.1 Å². The number of hydrogen-bond donors (Lipinski definition) is 1. The Balaban J connectivity index is 1.55. The Kier molecular flexibility index (Phi) is 7.69. The number of nitrogens with one attached hydrogen (secondary N) is 1. The number of carbonyl (C=O) groups is 2. The molecule has 30 heavy (non-hydrogen) atoms. The molecule has 0 aliphatic rings. The Morgan fingerprint density at radius 3 is 2.10 bits per heavy atom. The lowest BCUT2D eigenvalue weighted by Crippen LogP contribution is -2.33. The van der Waals surface area contributed by atoms with Gasteiger partial charge in [0.1, 0.15) is 0 Å². The molecule has 0 unspecified atom stereocenters. The highest BCUT2D eigenvalue weighted by Crippen LogP contribution is 2.24. The van der Waals surface area contributed by atoms with Gasteiger partial charge in [0.05, 0.1) is 11.8 Å². The molecule has 0 saturated carbocycles. The minimum absolute atomic E-state index is 0.165. The maximum Gasteiger partial charge on any atom is 0.316 e. The van der Waals surface area contributed by atoms with Crippen LogP contribution in [0, 0.1) is 13.8 Å². The summed E-state index contributed by atoms with van der Waals surface area (Å²) in [7, 11) is 0. The van der Waals surface area contributed by atoms with Gasteiger partial charge in [-0.2, -0.15) is 0 Å². The third-order valence-electron chi connectivity index (χ3n) is 4.62. The summed E-state index contributed by atoms with van der Waals surface area (Å²) in [4.78, 5) is 25.6. The highest BCUT2D eigenvalue weighted by atomic mass is 32.2.